The molecule has 0 saturated carbocycles. The van der Waals surface area contributed by atoms with Crippen molar-refractivity contribution in [3.8, 4) is 0 Å². The van der Waals surface area contributed by atoms with Gasteiger partial charge in [-0.3, -0.25) is 9.69 Å². The Hall–Kier alpha value is -0.610. The molecule has 2 fully saturated rings. The quantitative estimate of drug-likeness (QED) is 0.674. The molecule has 0 radical (unpaired) electrons. The fraction of sp³-hybridized carbons (Fsp3) is 0.923. The summed E-state index contributed by atoms with van der Waals surface area (Å²) in [5.74, 6) is -0.0218. The third-order valence-electron chi connectivity index (χ3n) is 3.82. The van der Waals surface area contributed by atoms with E-state index in [4.69, 9.17) is 4.74 Å². The number of carbonyl (C=O) groups is 1. The maximum absolute atomic E-state index is 11.8. The number of hydrogen-bond acceptors (Lipinski definition) is 4. The Morgan fingerprint density at radius 3 is 2.65 bits per heavy atom. The van der Waals surface area contributed by atoms with Gasteiger partial charge in [-0.25, -0.2) is 0 Å². The van der Waals surface area contributed by atoms with Gasteiger partial charge in [-0.15, -0.1) is 0 Å². The van der Waals surface area contributed by atoms with Crippen molar-refractivity contribution in [2.24, 2.45) is 0 Å². The number of rotatable bonds is 5. The van der Waals surface area contributed by atoms with Crippen molar-refractivity contribution in [2.45, 2.75) is 38.6 Å². The van der Waals surface area contributed by atoms with Crippen LogP contribution in [-0.4, -0.2) is 61.1 Å². The molecule has 98 valence electrons. The predicted octanol–water partition coefficient (Wildman–Crippen LogP) is 1.11. The van der Waals surface area contributed by atoms with Crippen LogP contribution in [-0.2, 0) is 9.53 Å². The molecular formula is C13H24N2O2. The van der Waals surface area contributed by atoms with Crippen LogP contribution in [0.25, 0.3) is 0 Å². The first kappa shape index (κ1) is 12.8. The number of esters is 1. The average Bonchev–Trinajstić information content (AvgIpc) is 2.98. The Bertz CT molecular complexity index is 252. The van der Waals surface area contributed by atoms with Gasteiger partial charge in [0.25, 0.3) is 0 Å². The highest BCUT2D eigenvalue weighted by Gasteiger charge is 2.31. The van der Waals surface area contributed by atoms with Crippen molar-refractivity contribution in [2.75, 3.05) is 39.3 Å². The summed E-state index contributed by atoms with van der Waals surface area (Å²) >= 11 is 0. The lowest BCUT2D eigenvalue weighted by molar-refractivity contribution is -0.148. The zero-order valence-corrected chi connectivity index (χ0v) is 10.9. The molecule has 0 spiro atoms. The van der Waals surface area contributed by atoms with Gasteiger partial charge in [-0.05, 0) is 52.2 Å². The second-order valence-electron chi connectivity index (χ2n) is 4.99. The second-order valence-corrected chi connectivity index (χ2v) is 4.99. The molecule has 0 amide bonds. The summed E-state index contributed by atoms with van der Waals surface area (Å²) in [5.41, 5.74) is 0. The normalized spacial score (nSPS) is 26.5. The maximum atomic E-state index is 11.8. The summed E-state index contributed by atoms with van der Waals surface area (Å²) in [6.07, 6.45) is 4.77. The molecule has 2 aliphatic heterocycles. The fourth-order valence-electron chi connectivity index (χ4n) is 2.88. The van der Waals surface area contributed by atoms with Crippen molar-refractivity contribution in [3.05, 3.63) is 0 Å². The Kier molecular flexibility index (Phi) is 4.80. The number of nitrogens with zero attached hydrogens (tertiary/aromatic N) is 2. The first-order valence-electron chi connectivity index (χ1n) is 6.94. The standard InChI is InChI=1S/C13H24N2O2/c1-2-17-13(16)12-6-5-9-15(12)11-10-14-7-3-4-8-14/h12H,2-11H2,1H3. The molecular weight excluding hydrogens is 216 g/mol. The van der Waals surface area contributed by atoms with Gasteiger partial charge in [-0.1, -0.05) is 0 Å². The third-order valence-corrected chi connectivity index (χ3v) is 3.82. The summed E-state index contributed by atoms with van der Waals surface area (Å²) in [5, 5.41) is 0. The monoisotopic (exact) mass is 240 g/mol. The van der Waals surface area contributed by atoms with Crippen LogP contribution in [0, 0.1) is 0 Å². The van der Waals surface area contributed by atoms with Crippen LogP contribution in [0.3, 0.4) is 0 Å². The Balaban J connectivity index is 1.76. The van der Waals surface area contributed by atoms with Crippen molar-refractivity contribution in [3.63, 3.8) is 0 Å². The average molecular weight is 240 g/mol. The zero-order chi connectivity index (χ0) is 12.1. The molecule has 2 rings (SSSR count). The van der Waals surface area contributed by atoms with E-state index in [2.05, 4.69) is 9.80 Å². The van der Waals surface area contributed by atoms with E-state index in [1.54, 1.807) is 0 Å². The molecule has 0 aliphatic carbocycles. The molecule has 2 heterocycles. The molecule has 17 heavy (non-hydrogen) atoms. The molecule has 0 aromatic carbocycles. The van der Waals surface area contributed by atoms with Crippen LogP contribution in [0.4, 0.5) is 0 Å². The van der Waals surface area contributed by atoms with Crippen LogP contribution in [0.2, 0.25) is 0 Å². The van der Waals surface area contributed by atoms with E-state index in [-0.39, 0.29) is 12.0 Å². The highest BCUT2D eigenvalue weighted by atomic mass is 16.5. The number of carbonyl (C=O) groups excluding carboxylic acids is 1. The van der Waals surface area contributed by atoms with E-state index in [1.807, 2.05) is 6.92 Å². The smallest absolute Gasteiger partial charge is 0.323 e. The predicted molar refractivity (Wildman–Crippen MR) is 66.9 cm³/mol. The lowest BCUT2D eigenvalue weighted by atomic mass is 10.2. The highest BCUT2D eigenvalue weighted by molar-refractivity contribution is 5.76. The fourth-order valence-corrected chi connectivity index (χ4v) is 2.88. The van der Waals surface area contributed by atoms with Crippen molar-refractivity contribution in [1.29, 1.82) is 0 Å². The summed E-state index contributed by atoms with van der Waals surface area (Å²) in [4.78, 5) is 16.6. The van der Waals surface area contributed by atoms with Gasteiger partial charge in [0.15, 0.2) is 0 Å². The summed E-state index contributed by atoms with van der Waals surface area (Å²) in [6, 6.07) is 0.0255. The van der Waals surface area contributed by atoms with Crippen LogP contribution < -0.4 is 0 Å². The minimum atomic E-state index is -0.0218. The van der Waals surface area contributed by atoms with Gasteiger partial charge in [0.05, 0.1) is 6.61 Å². The Morgan fingerprint density at radius 2 is 1.94 bits per heavy atom. The topological polar surface area (TPSA) is 32.8 Å². The lowest BCUT2D eigenvalue weighted by Gasteiger charge is -2.25. The minimum absolute atomic E-state index is 0.0218. The van der Waals surface area contributed by atoms with Crippen LogP contribution in [0.1, 0.15) is 32.6 Å². The molecule has 2 saturated heterocycles. The van der Waals surface area contributed by atoms with Crippen LogP contribution in [0.15, 0.2) is 0 Å². The SMILES string of the molecule is CCOC(=O)C1CCCN1CCN1CCCC1. The van der Waals surface area contributed by atoms with Crippen molar-refractivity contribution < 1.29 is 9.53 Å². The van der Waals surface area contributed by atoms with Gasteiger partial charge >= 0.3 is 5.97 Å². The van der Waals surface area contributed by atoms with E-state index in [9.17, 15) is 4.79 Å². The van der Waals surface area contributed by atoms with Gasteiger partial charge in [0, 0.05) is 13.1 Å². The Labute approximate surface area is 104 Å². The van der Waals surface area contributed by atoms with Crippen LogP contribution >= 0.6 is 0 Å². The van der Waals surface area contributed by atoms with E-state index >= 15 is 0 Å². The van der Waals surface area contributed by atoms with E-state index in [0.717, 1.165) is 32.5 Å². The molecule has 1 unspecified atom stereocenters. The largest absolute Gasteiger partial charge is 0.465 e. The molecule has 4 heteroatoms. The molecule has 0 bridgehead atoms. The maximum Gasteiger partial charge on any atom is 0.323 e. The number of likely N-dealkylation sites (tertiary alicyclic amines) is 2. The van der Waals surface area contributed by atoms with Crippen molar-refractivity contribution in [1.82, 2.24) is 9.80 Å². The van der Waals surface area contributed by atoms with Gasteiger partial charge < -0.3 is 9.64 Å². The molecule has 0 N–H and O–H groups in total. The van der Waals surface area contributed by atoms with E-state index in [0.29, 0.717) is 6.61 Å². The second kappa shape index (κ2) is 6.36. The van der Waals surface area contributed by atoms with Gasteiger partial charge in [-0.2, -0.15) is 0 Å². The molecule has 0 aromatic rings. The molecule has 2 aliphatic rings. The first-order valence-corrected chi connectivity index (χ1v) is 6.94. The first-order chi connectivity index (χ1) is 8.31. The van der Waals surface area contributed by atoms with Gasteiger partial charge in [0.1, 0.15) is 6.04 Å². The molecule has 4 nitrogen and oxygen atoms in total. The van der Waals surface area contributed by atoms with Crippen LogP contribution in [0.5, 0.6) is 0 Å². The summed E-state index contributed by atoms with van der Waals surface area (Å²) in [6.45, 7) is 8.02. The number of hydrogen-bond donors (Lipinski definition) is 0. The third kappa shape index (κ3) is 3.42. The van der Waals surface area contributed by atoms with Gasteiger partial charge in [0.2, 0.25) is 0 Å². The minimum Gasteiger partial charge on any atom is -0.465 e. The Morgan fingerprint density at radius 1 is 1.18 bits per heavy atom. The summed E-state index contributed by atoms with van der Waals surface area (Å²) < 4.78 is 5.13. The zero-order valence-electron chi connectivity index (χ0n) is 10.9. The lowest BCUT2D eigenvalue weighted by Crippen LogP contribution is -2.41. The molecule has 0 aromatic heterocycles. The summed E-state index contributed by atoms with van der Waals surface area (Å²) in [7, 11) is 0. The van der Waals surface area contributed by atoms with E-state index < -0.39 is 0 Å². The van der Waals surface area contributed by atoms with E-state index in [1.165, 1.54) is 25.9 Å². The molecule has 1 atom stereocenters. The number of ether oxygens (including phenoxy) is 1. The highest BCUT2D eigenvalue weighted by Crippen LogP contribution is 2.18. The van der Waals surface area contributed by atoms with Crippen molar-refractivity contribution >= 4 is 5.97 Å².